The van der Waals surface area contributed by atoms with Gasteiger partial charge in [-0.05, 0) is 30.5 Å². The van der Waals surface area contributed by atoms with Crippen molar-refractivity contribution in [3.8, 4) is 11.5 Å². The van der Waals surface area contributed by atoms with Gasteiger partial charge >= 0.3 is 0 Å². The predicted molar refractivity (Wildman–Crippen MR) is 66.7 cm³/mol. The van der Waals surface area contributed by atoms with Crippen LogP contribution >= 0.6 is 0 Å². The van der Waals surface area contributed by atoms with E-state index in [-0.39, 0.29) is 30.2 Å². The summed E-state index contributed by atoms with van der Waals surface area (Å²) in [5.74, 6) is 0.578. The van der Waals surface area contributed by atoms with E-state index in [9.17, 15) is 9.90 Å². The van der Waals surface area contributed by atoms with Gasteiger partial charge in [-0.1, -0.05) is 13.0 Å². The van der Waals surface area contributed by atoms with Crippen LogP contribution in [0.15, 0.2) is 18.2 Å². The van der Waals surface area contributed by atoms with Gasteiger partial charge < -0.3 is 14.9 Å². The number of phenolic OH excluding ortho intramolecular Hbond substituents is 1. The summed E-state index contributed by atoms with van der Waals surface area (Å²) in [5.41, 5.74) is 0.697. The van der Waals surface area contributed by atoms with Crippen molar-refractivity contribution in [2.75, 3.05) is 13.2 Å². The van der Waals surface area contributed by atoms with Crippen molar-refractivity contribution >= 4 is 5.78 Å². The third-order valence-electron chi connectivity index (χ3n) is 3.41. The summed E-state index contributed by atoms with van der Waals surface area (Å²) < 4.78 is 5.20. The molecule has 4 heteroatoms. The quantitative estimate of drug-likeness (QED) is 0.806. The first-order valence-electron chi connectivity index (χ1n) is 6.14. The zero-order valence-electron chi connectivity index (χ0n) is 10.5. The van der Waals surface area contributed by atoms with Gasteiger partial charge in [0.2, 0.25) is 0 Å². The van der Waals surface area contributed by atoms with E-state index < -0.39 is 0 Å². The molecular formula is C14H18O4. The molecule has 4 nitrogen and oxygen atoms in total. The Morgan fingerprint density at radius 3 is 2.78 bits per heavy atom. The Kier molecular flexibility index (Phi) is 3.57. The van der Waals surface area contributed by atoms with Crippen LogP contribution in [-0.2, 0) is 11.2 Å². The molecule has 1 aromatic rings. The number of hydrogen-bond acceptors (Lipinski definition) is 4. The Morgan fingerprint density at radius 1 is 1.44 bits per heavy atom. The number of benzene rings is 1. The summed E-state index contributed by atoms with van der Waals surface area (Å²) in [6.45, 7) is 2.00. The monoisotopic (exact) mass is 250 g/mol. The fourth-order valence-corrected chi connectivity index (χ4v) is 1.80. The molecule has 98 valence electrons. The van der Waals surface area contributed by atoms with Gasteiger partial charge in [-0.25, -0.2) is 0 Å². The molecule has 0 unspecified atom stereocenters. The normalized spacial score (nSPS) is 16.3. The fourth-order valence-electron chi connectivity index (χ4n) is 1.80. The maximum atomic E-state index is 12.0. The fraction of sp³-hybridized carbons (Fsp3) is 0.500. The minimum Gasteiger partial charge on any atom is -0.504 e. The number of ether oxygens (including phenoxy) is 1. The van der Waals surface area contributed by atoms with E-state index in [1.165, 1.54) is 6.07 Å². The zero-order chi connectivity index (χ0) is 13.2. The maximum Gasteiger partial charge on any atom is 0.161 e. The van der Waals surface area contributed by atoms with Crippen LogP contribution in [0, 0.1) is 5.41 Å². The van der Waals surface area contributed by atoms with Crippen molar-refractivity contribution in [3.05, 3.63) is 23.8 Å². The first-order chi connectivity index (χ1) is 8.55. The van der Waals surface area contributed by atoms with Gasteiger partial charge in [-0.3, -0.25) is 4.79 Å². The molecule has 0 saturated heterocycles. The van der Waals surface area contributed by atoms with Crippen LogP contribution in [0.5, 0.6) is 11.5 Å². The van der Waals surface area contributed by atoms with E-state index in [1.807, 2.05) is 6.92 Å². The van der Waals surface area contributed by atoms with Crippen molar-refractivity contribution < 1.29 is 19.7 Å². The predicted octanol–water partition coefficient (Wildman–Crippen LogP) is 1.67. The molecule has 0 aliphatic heterocycles. The highest BCUT2D eigenvalue weighted by molar-refractivity contribution is 5.88. The number of hydrogen-bond donors (Lipinski definition) is 2. The number of aromatic hydroxyl groups is 1. The molecule has 0 amide bonds. The number of aliphatic hydroxyl groups excluding tert-OH is 1. The van der Waals surface area contributed by atoms with Gasteiger partial charge in [-0.2, -0.15) is 0 Å². The van der Waals surface area contributed by atoms with Gasteiger partial charge in [0, 0.05) is 11.8 Å². The summed E-state index contributed by atoms with van der Waals surface area (Å²) in [4.78, 5) is 12.0. The number of phenols is 1. The first kappa shape index (κ1) is 12.9. The third-order valence-corrected chi connectivity index (χ3v) is 3.41. The molecule has 2 rings (SSSR count). The standard InChI is InChI=1S/C14H18O4/c1-14(4-5-14)13(17)9-10-2-3-11(16)12(8-10)18-7-6-15/h2-3,8,15-16H,4-7,9H2,1H3. The van der Waals surface area contributed by atoms with E-state index >= 15 is 0 Å². The van der Waals surface area contributed by atoms with Crippen LogP contribution in [0.25, 0.3) is 0 Å². The van der Waals surface area contributed by atoms with Crippen LogP contribution < -0.4 is 4.74 Å². The largest absolute Gasteiger partial charge is 0.504 e. The zero-order valence-corrected chi connectivity index (χ0v) is 10.5. The van der Waals surface area contributed by atoms with E-state index in [1.54, 1.807) is 12.1 Å². The molecule has 0 aromatic heterocycles. The SMILES string of the molecule is CC1(C(=O)Cc2ccc(O)c(OCCO)c2)CC1. The highest BCUT2D eigenvalue weighted by Gasteiger charge is 2.43. The smallest absolute Gasteiger partial charge is 0.161 e. The third kappa shape index (κ3) is 2.82. The second-order valence-corrected chi connectivity index (χ2v) is 5.03. The number of aliphatic hydroxyl groups is 1. The topological polar surface area (TPSA) is 66.8 Å². The van der Waals surface area contributed by atoms with Crippen LogP contribution in [0.1, 0.15) is 25.3 Å². The van der Waals surface area contributed by atoms with Crippen LogP contribution in [0.3, 0.4) is 0 Å². The van der Waals surface area contributed by atoms with Gasteiger partial charge in [-0.15, -0.1) is 0 Å². The van der Waals surface area contributed by atoms with Crippen molar-refractivity contribution in [2.45, 2.75) is 26.2 Å². The second-order valence-electron chi connectivity index (χ2n) is 5.03. The molecule has 0 atom stereocenters. The molecule has 0 spiro atoms. The van der Waals surface area contributed by atoms with E-state index in [4.69, 9.17) is 9.84 Å². The lowest BCUT2D eigenvalue weighted by atomic mass is 9.97. The van der Waals surface area contributed by atoms with Crippen molar-refractivity contribution in [1.29, 1.82) is 0 Å². The highest BCUT2D eigenvalue weighted by Crippen LogP contribution is 2.46. The molecule has 2 N–H and O–H groups in total. The Morgan fingerprint density at radius 2 is 2.17 bits per heavy atom. The molecule has 1 aliphatic carbocycles. The first-order valence-corrected chi connectivity index (χ1v) is 6.14. The molecule has 0 radical (unpaired) electrons. The molecule has 1 aliphatic rings. The summed E-state index contributed by atoms with van der Waals surface area (Å²) in [5, 5.41) is 18.3. The van der Waals surface area contributed by atoms with Crippen molar-refractivity contribution in [3.63, 3.8) is 0 Å². The Hall–Kier alpha value is -1.55. The highest BCUT2D eigenvalue weighted by atomic mass is 16.5. The number of carbonyl (C=O) groups excluding carboxylic acids is 1. The minimum atomic E-state index is -0.135. The van der Waals surface area contributed by atoms with E-state index in [0.29, 0.717) is 12.2 Å². The molecule has 18 heavy (non-hydrogen) atoms. The maximum absolute atomic E-state index is 12.0. The Labute approximate surface area is 106 Å². The molecule has 0 heterocycles. The number of Topliss-reactive ketones (excluding diaryl/α,β-unsaturated/α-hetero) is 1. The lowest BCUT2D eigenvalue weighted by Crippen LogP contribution is -2.14. The van der Waals surface area contributed by atoms with Gasteiger partial charge in [0.25, 0.3) is 0 Å². The molecule has 0 bridgehead atoms. The average Bonchev–Trinajstić information content (AvgIpc) is 3.09. The van der Waals surface area contributed by atoms with E-state index in [2.05, 4.69) is 0 Å². The Bertz CT molecular complexity index is 449. The van der Waals surface area contributed by atoms with Gasteiger partial charge in [0.1, 0.15) is 12.4 Å². The van der Waals surface area contributed by atoms with Crippen molar-refractivity contribution in [1.82, 2.24) is 0 Å². The van der Waals surface area contributed by atoms with Crippen LogP contribution in [-0.4, -0.2) is 29.2 Å². The Balaban J connectivity index is 2.06. The molecule has 1 aromatic carbocycles. The van der Waals surface area contributed by atoms with Gasteiger partial charge in [0.15, 0.2) is 11.5 Å². The number of ketones is 1. The second kappa shape index (κ2) is 4.98. The lowest BCUT2D eigenvalue weighted by Gasteiger charge is -2.10. The summed E-state index contributed by atoms with van der Waals surface area (Å²) in [7, 11) is 0. The molecule has 1 fully saturated rings. The number of rotatable bonds is 6. The van der Waals surface area contributed by atoms with E-state index in [0.717, 1.165) is 18.4 Å². The molecular weight excluding hydrogens is 232 g/mol. The summed E-state index contributed by atoms with van der Waals surface area (Å²) in [6, 6.07) is 4.91. The van der Waals surface area contributed by atoms with Crippen LogP contribution in [0.4, 0.5) is 0 Å². The molecule has 1 saturated carbocycles. The summed E-state index contributed by atoms with van der Waals surface area (Å²) in [6.07, 6.45) is 2.31. The lowest BCUT2D eigenvalue weighted by molar-refractivity contribution is -0.122. The average molecular weight is 250 g/mol. The number of carbonyl (C=O) groups is 1. The summed E-state index contributed by atoms with van der Waals surface area (Å²) >= 11 is 0. The van der Waals surface area contributed by atoms with Crippen LogP contribution in [0.2, 0.25) is 0 Å². The van der Waals surface area contributed by atoms with Crippen molar-refractivity contribution in [2.24, 2.45) is 5.41 Å². The van der Waals surface area contributed by atoms with Gasteiger partial charge in [0.05, 0.1) is 6.61 Å². The minimum absolute atomic E-state index is 0.0253.